The van der Waals surface area contributed by atoms with Gasteiger partial charge in [-0.25, -0.2) is 0 Å². The molecule has 0 heterocycles. The van der Waals surface area contributed by atoms with Crippen molar-refractivity contribution in [1.82, 2.24) is 5.32 Å². The highest BCUT2D eigenvalue weighted by Gasteiger charge is 2.08. The lowest BCUT2D eigenvalue weighted by molar-refractivity contribution is 0.408. The minimum atomic E-state index is 0.610. The molecule has 0 aliphatic rings. The largest absolute Gasteiger partial charge is 0.496 e. The summed E-state index contributed by atoms with van der Waals surface area (Å²) in [4.78, 5) is 0. The Morgan fingerprint density at radius 3 is 2.14 bits per heavy atom. The van der Waals surface area contributed by atoms with E-state index in [2.05, 4.69) is 18.3 Å². The van der Waals surface area contributed by atoms with Crippen LogP contribution >= 0.6 is 11.6 Å². The number of rotatable bonds is 6. The van der Waals surface area contributed by atoms with Crippen molar-refractivity contribution in [3.63, 3.8) is 0 Å². The zero-order valence-corrected chi connectivity index (χ0v) is 13.3. The number of hydrogen-bond donors (Lipinski definition) is 1. The van der Waals surface area contributed by atoms with Crippen LogP contribution in [0.3, 0.4) is 0 Å². The van der Waals surface area contributed by atoms with Crippen molar-refractivity contribution in [3.05, 3.63) is 47.0 Å². The van der Waals surface area contributed by atoms with Crippen LogP contribution in [0.1, 0.15) is 12.5 Å². The summed E-state index contributed by atoms with van der Waals surface area (Å²) in [5.74, 6) is 1.57. The van der Waals surface area contributed by atoms with Crippen LogP contribution in [0.15, 0.2) is 36.4 Å². The monoisotopic (exact) mass is 305 g/mol. The van der Waals surface area contributed by atoms with Crippen molar-refractivity contribution >= 4 is 11.6 Å². The summed E-state index contributed by atoms with van der Waals surface area (Å²) in [6.45, 7) is 3.78. The lowest BCUT2D eigenvalue weighted by atomic mass is 10.0. The van der Waals surface area contributed by atoms with Gasteiger partial charge in [-0.1, -0.05) is 30.7 Å². The highest BCUT2D eigenvalue weighted by molar-refractivity contribution is 6.32. The maximum atomic E-state index is 6.20. The molecule has 2 aromatic carbocycles. The van der Waals surface area contributed by atoms with E-state index in [1.807, 2.05) is 30.3 Å². The molecule has 0 unspecified atom stereocenters. The van der Waals surface area contributed by atoms with Crippen molar-refractivity contribution in [2.24, 2.45) is 0 Å². The average Bonchev–Trinajstić information content (AvgIpc) is 2.52. The number of benzene rings is 2. The summed E-state index contributed by atoms with van der Waals surface area (Å²) in [5.41, 5.74) is 3.29. The molecule has 112 valence electrons. The third kappa shape index (κ3) is 3.69. The average molecular weight is 306 g/mol. The number of halogens is 1. The Morgan fingerprint density at radius 2 is 1.57 bits per heavy atom. The minimum absolute atomic E-state index is 0.610. The van der Waals surface area contributed by atoms with Crippen LogP contribution in [0.2, 0.25) is 5.02 Å². The summed E-state index contributed by atoms with van der Waals surface area (Å²) in [6.07, 6.45) is 0. The van der Waals surface area contributed by atoms with Crippen LogP contribution in [-0.4, -0.2) is 20.8 Å². The van der Waals surface area contributed by atoms with Gasteiger partial charge in [0.05, 0.1) is 19.2 Å². The Morgan fingerprint density at radius 1 is 0.952 bits per heavy atom. The molecule has 0 saturated heterocycles. The molecule has 0 atom stereocenters. The van der Waals surface area contributed by atoms with Crippen molar-refractivity contribution in [2.75, 3.05) is 20.8 Å². The van der Waals surface area contributed by atoms with Gasteiger partial charge in [-0.2, -0.15) is 0 Å². The lowest BCUT2D eigenvalue weighted by Crippen LogP contribution is -2.12. The Bertz CT molecular complexity index is 614. The van der Waals surface area contributed by atoms with Crippen LogP contribution in [0.5, 0.6) is 11.5 Å². The van der Waals surface area contributed by atoms with Gasteiger partial charge in [0, 0.05) is 12.1 Å². The molecule has 0 spiro atoms. The molecule has 0 aromatic heterocycles. The van der Waals surface area contributed by atoms with E-state index in [1.165, 1.54) is 0 Å². The fourth-order valence-corrected chi connectivity index (χ4v) is 2.46. The third-order valence-corrected chi connectivity index (χ3v) is 3.63. The highest BCUT2D eigenvalue weighted by Crippen LogP contribution is 2.32. The van der Waals surface area contributed by atoms with E-state index >= 15 is 0 Å². The molecule has 4 heteroatoms. The molecule has 0 saturated carbocycles. The molecule has 0 radical (unpaired) electrons. The molecule has 0 fully saturated rings. The van der Waals surface area contributed by atoms with E-state index in [4.69, 9.17) is 21.1 Å². The molecule has 0 aliphatic carbocycles. The molecule has 0 amide bonds. The first-order valence-electron chi connectivity index (χ1n) is 6.91. The van der Waals surface area contributed by atoms with E-state index in [9.17, 15) is 0 Å². The van der Waals surface area contributed by atoms with Crippen LogP contribution in [0, 0.1) is 0 Å². The number of ether oxygens (including phenoxy) is 2. The van der Waals surface area contributed by atoms with Gasteiger partial charge >= 0.3 is 0 Å². The van der Waals surface area contributed by atoms with Gasteiger partial charge in [0.2, 0.25) is 0 Å². The summed E-state index contributed by atoms with van der Waals surface area (Å²) in [7, 11) is 3.30. The number of methoxy groups -OCH3 is 2. The van der Waals surface area contributed by atoms with E-state index in [1.54, 1.807) is 14.2 Å². The number of hydrogen-bond acceptors (Lipinski definition) is 3. The van der Waals surface area contributed by atoms with E-state index in [0.717, 1.165) is 35.5 Å². The Hall–Kier alpha value is -1.71. The first-order chi connectivity index (χ1) is 10.2. The zero-order chi connectivity index (χ0) is 15.2. The minimum Gasteiger partial charge on any atom is -0.496 e. The second-order valence-electron chi connectivity index (χ2n) is 4.66. The Labute approximate surface area is 130 Å². The molecular formula is C17H20ClNO2. The molecular weight excluding hydrogens is 286 g/mol. The molecule has 1 N–H and O–H groups in total. The van der Waals surface area contributed by atoms with E-state index < -0.39 is 0 Å². The molecule has 0 bridgehead atoms. The van der Waals surface area contributed by atoms with Gasteiger partial charge in [0.25, 0.3) is 0 Å². The topological polar surface area (TPSA) is 30.5 Å². The predicted octanol–water partition coefficient (Wildman–Crippen LogP) is 4.13. The molecule has 0 aliphatic heterocycles. The fraction of sp³-hybridized carbons (Fsp3) is 0.294. The normalized spacial score (nSPS) is 10.5. The van der Waals surface area contributed by atoms with Crippen LogP contribution in [-0.2, 0) is 6.54 Å². The molecule has 21 heavy (non-hydrogen) atoms. The second-order valence-corrected chi connectivity index (χ2v) is 5.06. The first-order valence-corrected chi connectivity index (χ1v) is 7.29. The van der Waals surface area contributed by atoms with Crippen LogP contribution in [0.4, 0.5) is 0 Å². The summed E-state index contributed by atoms with van der Waals surface area (Å²) < 4.78 is 10.6. The standard InChI is InChI=1S/C17H20ClNO2/c1-4-19-11-14-9-12(5-7-16(14)20-2)13-6-8-17(21-3)15(18)10-13/h5-10,19H,4,11H2,1-3H3. The van der Waals surface area contributed by atoms with Crippen molar-refractivity contribution in [3.8, 4) is 22.6 Å². The lowest BCUT2D eigenvalue weighted by Gasteiger charge is -2.12. The van der Waals surface area contributed by atoms with Gasteiger partial charge in [-0.05, 0) is 41.9 Å². The quantitative estimate of drug-likeness (QED) is 0.870. The van der Waals surface area contributed by atoms with Crippen molar-refractivity contribution in [1.29, 1.82) is 0 Å². The summed E-state index contributed by atoms with van der Waals surface area (Å²) >= 11 is 6.20. The Balaban J connectivity index is 2.37. The Kier molecular flexibility index (Phi) is 5.48. The second kappa shape index (κ2) is 7.34. The predicted molar refractivity (Wildman–Crippen MR) is 87.4 cm³/mol. The highest BCUT2D eigenvalue weighted by atomic mass is 35.5. The number of nitrogens with one attached hydrogen (secondary N) is 1. The van der Waals surface area contributed by atoms with Crippen molar-refractivity contribution in [2.45, 2.75) is 13.5 Å². The summed E-state index contributed by atoms with van der Waals surface area (Å²) in [6, 6.07) is 11.9. The van der Waals surface area contributed by atoms with Gasteiger partial charge < -0.3 is 14.8 Å². The molecule has 3 nitrogen and oxygen atoms in total. The van der Waals surface area contributed by atoms with Gasteiger partial charge in [-0.3, -0.25) is 0 Å². The van der Waals surface area contributed by atoms with Gasteiger partial charge in [-0.15, -0.1) is 0 Å². The molecule has 2 rings (SSSR count). The first kappa shape index (κ1) is 15.7. The van der Waals surface area contributed by atoms with Crippen molar-refractivity contribution < 1.29 is 9.47 Å². The van der Waals surface area contributed by atoms with E-state index in [-0.39, 0.29) is 0 Å². The maximum absolute atomic E-state index is 6.20. The maximum Gasteiger partial charge on any atom is 0.137 e. The van der Waals surface area contributed by atoms with Gasteiger partial charge in [0.15, 0.2) is 0 Å². The smallest absolute Gasteiger partial charge is 0.137 e. The SMILES string of the molecule is CCNCc1cc(-c2ccc(OC)c(Cl)c2)ccc1OC. The fourth-order valence-electron chi connectivity index (χ4n) is 2.20. The zero-order valence-electron chi connectivity index (χ0n) is 12.6. The van der Waals surface area contributed by atoms with E-state index in [0.29, 0.717) is 10.8 Å². The molecule has 2 aromatic rings. The summed E-state index contributed by atoms with van der Waals surface area (Å²) in [5, 5.41) is 3.93. The van der Waals surface area contributed by atoms with Crippen LogP contribution in [0.25, 0.3) is 11.1 Å². The van der Waals surface area contributed by atoms with Gasteiger partial charge in [0.1, 0.15) is 11.5 Å². The van der Waals surface area contributed by atoms with Crippen LogP contribution < -0.4 is 14.8 Å². The third-order valence-electron chi connectivity index (χ3n) is 3.33.